The summed E-state index contributed by atoms with van der Waals surface area (Å²) in [6.07, 6.45) is 1.43. The third-order valence-electron chi connectivity index (χ3n) is 4.05. The molecule has 1 fully saturated rings. The minimum Gasteiger partial charge on any atom is -0.378 e. The van der Waals surface area contributed by atoms with Gasteiger partial charge in [-0.1, -0.05) is 15.9 Å². The Balaban J connectivity index is 1.79. The lowest BCUT2D eigenvalue weighted by Crippen LogP contribution is -2.36. The van der Waals surface area contributed by atoms with Gasteiger partial charge >= 0.3 is 0 Å². The molecule has 2 aromatic rings. The molecule has 8 nitrogen and oxygen atoms in total. The summed E-state index contributed by atoms with van der Waals surface area (Å²) in [6, 6.07) is 11.5. The molecule has 27 heavy (non-hydrogen) atoms. The van der Waals surface area contributed by atoms with Crippen molar-refractivity contribution < 1.29 is 14.5 Å². The zero-order valence-electron chi connectivity index (χ0n) is 14.3. The second-order valence-electron chi connectivity index (χ2n) is 5.81. The largest absolute Gasteiger partial charge is 0.378 e. The first kappa shape index (κ1) is 19.0. The zero-order chi connectivity index (χ0) is 19.2. The van der Waals surface area contributed by atoms with Crippen LogP contribution in [0.2, 0.25) is 0 Å². The number of anilines is 1. The lowest BCUT2D eigenvalue weighted by atomic mass is 10.1. The number of ether oxygens (including phenoxy) is 1. The van der Waals surface area contributed by atoms with Gasteiger partial charge in [0.25, 0.3) is 11.6 Å². The van der Waals surface area contributed by atoms with Gasteiger partial charge < -0.3 is 9.64 Å². The van der Waals surface area contributed by atoms with E-state index in [2.05, 4.69) is 31.4 Å². The van der Waals surface area contributed by atoms with Gasteiger partial charge in [0.15, 0.2) is 0 Å². The second-order valence-corrected chi connectivity index (χ2v) is 6.72. The maximum absolute atomic E-state index is 12.1. The molecule has 1 saturated heterocycles. The Bertz CT molecular complexity index is 864. The Morgan fingerprint density at radius 1 is 1.22 bits per heavy atom. The van der Waals surface area contributed by atoms with Gasteiger partial charge in [-0.2, -0.15) is 5.10 Å². The number of morpholine rings is 1. The van der Waals surface area contributed by atoms with Crippen molar-refractivity contribution in [1.29, 1.82) is 0 Å². The Hall–Kier alpha value is -2.78. The highest BCUT2D eigenvalue weighted by molar-refractivity contribution is 9.10. The van der Waals surface area contributed by atoms with Crippen LogP contribution >= 0.6 is 15.9 Å². The normalized spacial score (nSPS) is 14.3. The lowest BCUT2D eigenvalue weighted by Gasteiger charge is -2.29. The Kier molecular flexibility index (Phi) is 6.15. The standard InChI is InChI=1S/C18H17BrN4O4/c19-15-3-1-13(2-4-15)18(24)21-20-12-14-11-16(23(25)26)5-6-17(14)22-7-9-27-10-8-22/h1-6,11-12H,7-10H2,(H,21,24)/b20-12+. The summed E-state index contributed by atoms with van der Waals surface area (Å²) in [4.78, 5) is 24.8. The number of nitro benzene ring substituents is 1. The fourth-order valence-electron chi connectivity index (χ4n) is 2.68. The number of carbonyl (C=O) groups excluding carboxylic acids is 1. The molecule has 140 valence electrons. The summed E-state index contributed by atoms with van der Waals surface area (Å²) in [5.41, 5.74) is 4.24. The molecule has 0 saturated carbocycles. The number of nitrogens with zero attached hydrogens (tertiary/aromatic N) is 3. The first-order valence-corrected chi connectivity index (χ1v) is 9.04. The molecule has 1 amide bonds. The van der Waals surface area contributed by atoms with Crippen molar-refractivity contribution in [2.45, 2.75) is 0 Å². The van der Waals surface area contributed by atoms with Crippen molar-refractivity contribution in [3.05, 3.63) is 68.2 Å². The minimum atomic E-state index is -0.457. The Labute approximate surface area is 164 Å². The first-order valence-electron chi connectivity index (χ1n) is 8.25. The third-order valence-corrected chi connectivity index (χ3v) is 4.58. The summed E-state index contributed by atoms with van der Waals surface area (Å²) in [7, 11) is 0. The number of halogens is 1. The van der Waals surface area contributed by atoms with Crippen LogP contribution in [0.1, 0.15) is 15.9 Å². The molecule has 0 aliphatic carbocycles. The summed E-state index contributed by atoms with van der Waals surface area (Å²) in [6.45, 7) is 2.55. The number of nitro groups is 1. The van der Waals surface area contributed by atoms with Crippen LogP contribution in [0.3, 0.4) is 0 Å². The predicted octanol–water partition coefficient (Wildman–Crippen LogP) is 2.96. The maximum Gasteiger partial charge on any atom is 0.271 e. The first-order chi connectivity index (χ1) is 13.0. The van der Waals surface area contributed by atoms with Crippen LogP contribution in [0.15, 0.2) is 52.0 Å². The van der Waals surface area contributed by atoms with Crippen LogP contribution in [0.4, 0.5) is 11.4 Å². The number of hydrogen-bond donors (Lipinski definition) is 1. The van der Waals surface area contributed by atoms with Gasteiger partial charge in [-0.15, -0.1) is 0 Å². The molecule has 3 rings (SSSR count). The molecule has 0 radical (unpaired) electrons. The molecule has 1 N–H and O–H groups in total. The van der Waals surface area contributed by atoms with Crippen molar-refractivity contribution >= 4 is 39.4 Å². The number of hydrogen-bond acceptors (Lipinski definition) is 6. The van der Waals surface area contributed by atoms with E-state index in [1.54, 1.807) is 30.3 Å². The van der Waals surface area contributed by atoms with E-state index in [1.165, 1.54) is 18.3 Å². The van der Waals surface area contributed by atoms with Crippen LogP contribution in [0.5, 0.6) is 0 Å². The van der Waals surface area contributed by atoms with E-state index in [4.69, 9.17) is 4.74 Å². The van der Waals surface area contributed by atoms with E-state index in [0.29, 0.717) is 37.4 Å². The van der Waals surface area contributed by atoms with Crippen molar-refractivity contribution in [1.82, 2.24) is 5.43 Å². The van der Waals surface area contributed by atoms with Gasteiger partial charge in [-0.05, 0) is 30.3 Å². The number of non-ortho nitro benzene ring substituents is 1. The highest BCUT2D eigenvalue weighted by Crippen LogP contribution is 2.25. The topological polar surface area (TPSA) is 97.1 Å². The van der Waals surface area contributed by atoms with Crippen LogP contribution < -0.4 is 10.3 Å². The molecule has 9 heteroatoms. The second kappa shape index (κ2) is 8.74. The Morgan fingerprint density at radius 2 is 1.93 bits per heavy atom. The van der Waals surface area contributed by atoms with Gasteiger partial charge in [0, 0.05) is 46.5 Å². The van der Waals surface area contributed by atoms with Gasteiger partial charge in [-0.25, -0.2) is 5.43 Å². The van der Waals surface area contributed by atoms with E-state index < -0.39 is 4.92 Å². The van der Waals surface area contributed by atoms with Gasteiger partial charge in [0.05, 0.1) is 24.4 Å². The SMILES string of the molecule is O=C(N/N=C/c1cc([N+](=O)[O-])ccc1N1CCOCC1)c1ccc(Br)cc1. The van der Waals surface area contributed by atoms with Crippen molar-refractivity contribution in [2.75, 3.05) is 31.2 Å². The Morgan fingerprint density at radius 3 is 2.59 bits per heavy atom. The molecular weight excluding hydrogens is 416 g/mol. The van der Waals surface area contributed by atoms with E-state index in [1.807, 2.05) is 0 Å². The van der Waals surface area contributed by atoms with E-state index in [0.717, 1.165) is 10.2 Å². The van der Waals surface area contributed by atoms with Crippen molar-refractivity contribution in [3.8, 4) is 0 Å². The molecule has 2 aromatic carbocycles. The highest BCUT2D eigenvalue weighted by atomic mass is 79.9. The van der Waals surface area contributed by atoms with Crippen LogP contribution in [0, 0.1) is 10.1 Å². The molecule has 0 atom stereocenters. The summed E-state index contributed by atoms with van der Waals surface area (Å²) >= 11 is 3.31. The average Bonchev–Trinajstić information content (AvgIpc) is 2.69. The number of hydrazone groups is 1. The predicted molar refractivity (Wildman–Crippen MR) is 105 cm³/mol. The minimum absolute atomic E-state index is 0.0345. The third kappa shape index (κ3) is 4.89. The molecule has 1 aliphatic heterocycles. The fourth-order valence-corrected chi connectivity index (χ4v) is 2.94. The number of amides is 1. The van der Waals surface area contributed by atoms with Gasteiger partial charge in [-0.3, -0.25) is 14.9 Å². The number of benzene rings is 2. The summed E-state index contributed by atoms with van der Waals surface area (Å²) < 4.78 is 6.22. The molecule has 0 unspecified atom stereocenters. The number of carbonyl (C=O) groups is 1. The summed E-state index contributed by atoms with van der Waals surface area (Å²) in [5.74, 6) is -0.364. The van der Waals surface area contributed by atoms with Crippen molar-refractivity contribution in [2.24, 2.45) is 5.10 Å². The van der Waals surface area contributed by atoms with Crippen LogP contribution in [0.25, 0.3) is 0 Å². The average molecular weight is 433 g/mol. The quantitative estimate of drug-likeness (QED) is 0.444. The molecule has 0 spiro atoms. The van der Waals surface area contributed by atoms with E-state index >= 15 is 0 Å². The van der Waals surface area contributed by atoms with Crippen molar-refractivity contribution in [3.63, 3.8) is 0 Å². The number of rotatable bonds is 5. The van der Waals surface area contributed by atoms with Crippen LogP contribution in [-0.2, 0) is 4.74 Å². The maximum atomic E-state index is 12.1. The molecule has 0 aromatic heterocycles. The fraction of sp³-hybridized carbons (Fsp3) is 0.222. The van der Waals surface area contributed by atoms with Gasteiger partial charge in [0.2, 0.25) is 0 Å². The van der Waals surface area contributed by atoms with E-state index in [-0.39, 0.29) is 11.6 Å². The monoisotopic (exact) mass is 432 g/mol. The van der Waals surface area contributed by atoms with Gasteiger partial charge in [0.1, 0.15) is 0 Å². The van der Waals surface area contributed by atoms with Crippen LogP contribution in [-0.4, -0.2) is 43.3 Å². The molecule has 1 aliphatic rings. The van der Waals surface area contributed by atoms with E-state index in [9.17, 15) is 14.9 Å². The number of nitrogens with one attached hydrogen (secondary N) is 1. The highest BCUT2D eigenvalue weighted by Gasteiger charge is 2.17. The lowest BCUT2D eigenvalue weighted by molar-refractivity contribution is -0.384. The zero-order valence-corrected chi connectivity index (χ0v) is 15.9. The molecular formula is C18H17BrN4O4. The molecule has 1 heterocycles. The smallest absolute Gasteiger partial charge is 0.271 e. The molecule has 0 bridgehead atoms. The summed E-state index contributed by atoms with van der Waals surface area (Å²) in [5, 5.41) is 15.1.